The Kier molecular flexibility index (Phi) is 5.59. The molecule has 11 nitrogen and oxygen atoms in total. The highest BCUT2D eigenvalue weighted by atomic mass is 16.3. The molecule has 1 aliphatic rings. The van der Waals surface area contributed by atoms with Crippen molar-refractivity contribution in [1.29, 1.82) is 0 Å². The summed E-state index contributed by atoms with van der Waals surface area (Å²) in [6.07, 6.45) is 7.49. The summed E-state index contributed by atoms with van der Waals surface area (Å²) < 4.78 is 7.30. The summed E-state index contributed by atoms with van der Waals surface area (Å²) in [6, 6.07) is 3.59. The van der Waals surface area contributed by atoms with Crippen LogP contribution in [0.25, 0.3) is 22.6 Å². The lowest BCUT2D eigenvalue weighted by Gasteiger charge is -2.17. The lowest BCUT2D eigenvalue weighted by molar-refractivity contribution is 0.207. The van der Waals surface area contributed by atoms with E-state index in [2.05, 4.69) is 30.6 Å². The minimum absolute atomic E-state index is 0.0652. The second kappa shape index (κ2) is 8.85. The number of anilines is 1. The van der Waals surface area contributed by atoms with Gasteiger partial charge in [-0.2, -0.15) is 0 Å². The first kappa shape index (κ1) is 20.9. The molecule has 5 rings (SSSR count). The number of hydrogen-bond donors (Lipinski definition) is 2. The van der Waals surface area contributed by atoms with Crippen molar-refractivity contribution >= 4 is 23.0 Å². The van der Waals surface area contributed by atoms with Crippen LogP contribution in [-0.4, -0.2) is 59.5 Å². The van der Waals surface area contributed by atoms with Crippen molar-refractivity contribution in [3.63, 3.8) is 0 Å². The standard InChI is InChI=1S/C22H25N9O2/c1-3-31-20(15-9-23-14(2)24-10-15)29-18-19(26-13-27-21(18)31)28-16-6-7-30(12-16)22(32)25-11-17-5-4-8-33-17/h4-5,8-10,13,16H,3,6-7,11-12H2,1-2H3,(H,25,32)(H,26,27,28)/t16-/m0/s1. The van der Waals surface area contributed by atoms with Crippen molar-refractivity contribution in [2.45, 2.75) is 39.4 Å². The Labute approximate surface area is 190 Å². The van der Waals surface area contributed by atoms with E-state index in [1.54, 1.807) is 29.6 Å². The van der Waals surface area contributed by atoms with E-state index in [-0.39, 0.29) is 12.1 Å². The number of carbonyl (C=O) groups excluding carboxylic acids is 1. The molecule has 5 heterocycles. The molecule has 1 aliphatic heterocycles. The van der Waals surface area contributed by atoms with E-state index >= 15 is 0 Å². The van der Waals surface area contributed by atoms with Gasteiger partial charge in [-0.15, -0.1) is 0 Å². The lowest BCUT2D eigenvalue weighted by Crippen LogP contribution is -2.39. The first-order valence-corrected chi connectivity index (χ1v) is 10.9. The molecule has 2 amide bonds. The zero-order chi connectivity index (χ0) is 22.8. The molecule has 33 heavy (non-hydrogen) atoms. The normalized spacial score (nSPS) is 15.8. The Hall–Kier alpha value is -4.02. The quantitative estimate of drug-likeness (QED) is 0.462. The molecule has 0 spiro atoms. The molecule has 0 aliphatic carbocycles. The molecule has 4 aromatic heterocycles. The molecule has 0 saturated carbocycles. The maximum atomic E-state index is 12.5. The number of furan rings is 1. The predicted octanol–water partition coefficient (Wildman–Crippen LogP) is 2.60. The molecule has 0 aromatic carbocycles. The average Bonchev–Trinajstić information content (AvgIpc) is 3.58. The first-order valence-electron chi connectivity index (χ1n) is 10.9. The van der Waals surface area contributed by atoms with Crippen LogP contribution in [0.5, 0.6) is 0 Å². The minimum atomic E-state index is -0.111. The molecule has 2 N–H and O–H groups in total. The Morgan fingerprint density at radius 1 is 1.24 bits per heavy atom. The number of aromatic nitrogens is 6. The fraction of sp³-hybridized carbons (Fsp3) is 0.364. The molecule has 1 saturated heterocycles. The van der Waals surface area contributed by atoms with Crippen molar-refractivity contribution in [3.05, 3.63) is 48.7 Å². The van der Waals surface area contributed by atoms with Gasteiger partial charge in [-0.25, -0.2) is 29.7 Å². The second-order valence-electron chi connectivity index (χ2n) is 7.91. The fourth-order valence-electron chi connectivity index (χ4n) is 4.01. The van der Waals surface area contributed by atoms with Crippen molar-refractivity contribution in [1.82, 2.24) is 39.7 Å². The van der Waals surface area contributed by atoms with Gasteiger partial charge < -0.3 is 24.5 Å². The van der Waals surface area contributed by atoms with Gasteiger partial charge in [0.2, 0.25) is 0 Å². The van der Waals surface area contributed by atoms with Gasteiger partial charge in [0.15, 0.2) is 17.0 Å². The summed E-state index contributed by atoms with van der Waals surface area (Å²) in [6.45, 7) is 6.19. The summed E-state index contributed by atoms with van der Waals surface area (Å²) in [5.41, 5.74) is 2.26. The zero-order valence-electron chi connectivity index (χ0n) is 18.5. The van der Waals surface area contributed by atoms with E-state index < -0.39 is 0 Å². The van der Waals surface area contributed by atoms with E-state index in [0.29, 0.717) is 43.3 Å². The highest BCUT2D eigenvalue weighted by Gasteiger charge is 2.27. The smallest absolute Gasteiger partial charge is 0.317 e. The van der Waals surface area contributed by atoms with Crippen LogP contribution in [0, 0.1) is 6.92 Å². The summed E-state index contributed by atoms with van der Waals surface area (Å²) in [5, 5.41) is 6.36. The Morgan fingerprint density at radius 2 is 2.09 bits per heavy atom. The third-order valence-corrected chi connectivity index (χ3v) is 5.70. The van der Waals surface area contributed by atoms with Crippen LogP contribution in [0.2, 0.25) is 0 Å². The summed E-state index contributed by atoms with van der Waals surface area (Å²) in [4.78, 5) is 36.6. The highest BCUT2D eigenvalue weighted by molar-refractivity contribution is 5.86. The van der Waals surface area contributed by atoms with E-state index in [4.69, 9.17) is 9.40 Å². The van der Waals surface area contributed by atoms with Crippen LogP contribution >= 0.6 is 0 Å². The molecule has 0 radical (unpaired) electrons. The fourth-order valence-corrected chi connectivity index (χ4v) is 4.01. The van der Waals surface area contributed by atoms with Gasteiger partial charge in [0.25, 0.3) is 0 Å². The topological polar surface area (TPSA) is 127 Å². The van der Waals surface area contributed by atoms with Crippen LogP contribution in [0.1, 0.15) is 24.9 Å². The number of aryl methyl sites for hydroxylation is 2. The summed E-state index contributed by atoms with van der Waals surface area (Å²) >= 11 is 0. The zero-order valence-corrected chi connectivity index (χ0v) is 18.5. The van der Waals surface area contributed by atoms with Crippen molar-refractivity contribution in [2.75, 3.05) is 18.4 Å². The number of imidazole rings is 1. The van der Waals surface area contributed by atoms with E-state index in [0.717, 1.165) is 29.2 Å². The Morgan fingerprint density at radius 3 is 2.85 bits per heavy atom. The third-order valence-electron chi connectivity index (χ3n) is 5.70. The van der Waals surface area contributed by atoms with Gasteiger partial charge in [-0.1, -0.05) is 0 Å². The molecule has 1 atom stereocenters. The SMILES string of the molecule is CCn1c(-c2cnc(C)nc2)nc2c(N[C@H]3CCN(C(=O)NCc4ccco4)C3)ncnc21. The molecule has 11 heteroatoms. The van der Waals surface area contributed by atoms with Crippen LogP contribution < -0.4 is 10.6 Å². The van der Waals surface area contributed by atoms with Crippen molar-refractivity contribution in [2.24, 2.45) is 0 Å². The number of hydrogen-bond acceptors (Lipinski definition) is 8. The monoisotopic (exact) mass is 447 g/mol. The number of urea groups is 1. The summed E-state index contributed by atoms with van der Waals surface area (Å²) in [7, 11) is 0. The van der Waals surface area contributed by atoms with Gasteiger partial charge in [-0.05, 0) is 32.4 Å². The molecule has 0 bridgehead atoms. The third kappa shape index (κ3) is 4.21. The van der Waals surface area contributed by atoms with Gasteiger partial charge in [-0.3, -0.25) is 0 Å². The van der Waals surface area contributed by atoms with Gasteiger partial charge >= 0.3 is 6.03 Å². The number of nitrogens with zero attached hydrogens (tertiary/aromatic N) is 7. The van der Waals surface area contributed by atoms with Gasteiger partial charge in [0.1, 0.15) is 23.7 Å². The van der Waals surface area contributed by atoms with Gasteiger partial charge in [0.05, 0.1) is 18.4 Å². The number of carbonyl (C=O) groups is 1. The lowest BCUT2D eigenvalue weighted by atomic mass is 10.2. The minimum Gasteiger partial charge on any atom is -0.467 e. The van der Waals surface area contributed by atoms with Crippen molar-refractivity contribution in [3.8, 4) is 11.4 Å². The Bertz CT molecular complexity index is 1250. The number of rotatable bonds is 6. The molecule has 0 unspecified atom stereocenters. The first-order chi connectivity index (χ1) is 16.1. The summed E-state index contributed by atoms with van der Waals surface area (Å²) in [5.74, 6) is 2.84. The van der Waals surface area contributed by atoms with Crippen LogP contribution in [0.4, 0.5) is 10.6 Å². The van der Waals surface area contributed by atoms with Crippen LogP contribution in [0.3, 0.4) is 0 Å². The predicted molar refractivity (Wildman–Crippen MR) is 121 cm³/mol. The Balaban J connectivity index is 1.32. The number of nitrogens with one attached hydrogen (secondary N) is 2. The van der Waals surface area contributed by atoms with Crippen molar-refractivity contribution < 1.29 is 9.21 Å². The number of likely N-dealkylation sites (tertiary alicyclic amines) is 1. The van der Waals surface area contributed by atoms with E-state index in [1.807, 2.05) is 24.5 Å². The highest BCUT2D eigenvalue weighted by Crippen LogP contribution is 2.27. The average molecular weight is 448 g/mol. The maximum absolute atomic E-state index is 12.5. The molecule has 4 aromatic rings. The largest absolute Gasteiger partial charge is 0.467 e. The molecule has 170 valence electrons. The van der Waals surface area contributed by atoms with E-state index in [9.17, 15) is 4.79 Å². The number of fused-ring (bicyclic) bond motifs is 1. The molecular formula is C22H25N9O2. The van der Waals surface area contributed by atoms with Gasteiger partial charge in [0, 0.05) is 38.1 Å². The van der Waals surface area contributed by atoms with Crippen LogP contribution in [-0.2, 0) is 13.1 Å². The van der Waals surface area contributed by atoms with E-state index in [1.165, 1.54) is 6.33 Å². The number of amides is 2. The van der Waals surface area contributed by atoms with Crippen LogP contribution in [0.15, 0.2) is 41.5 Å². The maximum Gasteiger partial charge on any atom is 0.317 e. The second-order valence-corrected chi connectivity index (χ2v) is 7.91. The molecular weight excluding hydrogens is 422 g/mol. The molecule has 1 fully saturated rings.